The van der Waals surface area contributed by atoms with E-state index in [4.69, 9.17) is 5.26 Å². The van der Waals surface area contributed by atoms with Crippen molar-refractivity contribution in [2.45, 2.75) is 33.6 Å². The summed E-state index contributed by atoms with van der Waals surface area (Å²) in [5, 5.41) is 8.48. The highest BCUT2D eigenvalue weighted by atomic mass is 32.1. The Labute approximate surface area is 78.7 Å². The van der Waals surface area contributed by atoms with E-state index in [1.165, 1.54) is 4.88 Å². The van der Waals surface area contributed by atoms with Gasteiger partial charge < -0.3 is 0 Å². The van der Waals surface area contributed by atoms with Crippen LogP contribution in [0.5, 0.6) is 0 Å². The van der Waals surface area contributed by atoms with Crippen LogP contribution in [0.3, 0.4) is 0 Å². The average molecular weight is 181 g/mol. The Bertz CT molecular complexity index is 245. The number of thiophene rings is 1. The first kappa shape index (κ1) is 11.2. The third kappa shape index (κ3) is 3.54. The summed E-state index contributed by atoms with van der Waals surface area (Å²) < 4.78 is 0. The molecule has 0 saturated carbocycles. The molecule has 0 radical (unpaired) electrons. The van der Waals surface area contributed by atoms with Gasteiger partial charge in [-0.15, -0.1) is 11.3 Å². The lowest BCUT2D eigenvalue weighted by Crippen LogP contribution is -1.71. The minimum absolute atomic E-state index is 0.823. The van der Waals surface area contributed by atoms with Gasteiger partial charge in [0.2, 0.25) is 0 Å². The fourth-order valence-corrected chi connectivity index (χ4v) is 1.73. The zero-order valence-corrected chi connectivity index (χ0v) is 8.74. The van der Waals surface area contributed by atoms with Crippen LogP contribution in [-0.2, 0) is 6.42 Å². The number of nitriles is 1. The second-order valence-electron chi connectivity index (χ2n) is 2.13. The number of nitrogens with zero attached hydrogens (tertiary/aromatic N) is 1. The first-order chi connectivity index (χ1) is 5.86. The van der Waals surface area contributed by atoms with Gasteiger partial charge in [0.1, 0.15) is 10.9 Å². The van der Waals surface area contributed by atoms with Gasteiger partial charge in [-0.2, -0.15) is 5.26 Å². The molecule has 66 valence electrons. The van der Waals surface area contributed by atoms with Gasteiger partial charge in [0, 0.05) is 4.88 Å². The minimum Gasteiger partial charge on any atom is -0.192 e. The largest absolute Gasteiger partial charge is 0.192 e. The molecule has 1 nitrogen and oxygen atoms in total. The quantitative estimate of drug-likeness (QED) is 0.684. The third-order valence-electron chi connectivity index (χ3n) is 1.27. The predicted molar refractivity (Wildman–Crippen MR) is 54.4 cm³/mol. The van der Waals surface area contributed by atoms with E-state index in [2.05, 4.69) is 13.0 Å². The van der Waals surface area contributed by atoms with E-state index >= 15 is 0 Å². The summed E-state index contributed by atoms with van der Waals surface area (Å²) in [6.07, 6.45) is 2.26. The molecule has 0 saturated heterocycles. The normalized spacial score (nSPS) is 8.17. The van der Waals surface area contributed by atoms with Crippen molar-refractivity contribution in [2.75, 3.05) is 0 Å². The molecule has 1 heterocycles. The Kier molecular flexibility index (Phi) is 6.41. The predicted octanol–water partition coefficient (Wildman–Crippen LogP) is 3.60. The van der Waals surface area contributed by atoms with Crippen molar-refractivity contribution in [2.24, 2.45) is 0 Å². The second kappa shape index (κ2) is 6.87. The molecule has 0 aliphatic rings. The molecular weight excluding hydrogens is 166 g/mol. The molecule has 0 aromatic carbocycles. The lowest BCUT2D eigenvalue weighted by molar-refractivity contribution is 0.940. The zero-order chi connectivity index (χ0) is 9.40. The van der Waals surface area contributed by atoms with Crippen molar-refractivity contribution in [1.29, 1.82) is 5.26 Å². The zero-order valence-electron chi connectivity index (χ0n) is 7.92. The summed E-state index contributed by atoms with van der Waals surface area (Å²) in [5.41, 5.74) is 0. The molecule has 2 heteroatoms. The van der Waals surface area contributed by atoms with E-state index in [0.29, 0.717) is 0 Å². The van der Waals surface area contributed by atoms with Gasteiger partial charge in [-0.3, -0.25) is 0 Å². The van der Waals surface area contributed by atoms with Crippen LogP contribution >= 0.6 is 11.3 Å². The van der Waals surface area contributed by atoms with Crippen LogP contribution in [0, 0.1) is 11.3 Å². The molecule has 0 fully saturated rings. The fourth-order valence-electron chi connectivity index (χ4n) is 0.819. The Morgan fingerprint density at radius 2 is 2.08 bits per heavy atom. The van der Waals surface area contributed by atoms with E-state index in [-0.39, 0.29) is 0 Å². The molecule has 1 aromatic rings. The van der Waals surface area contributed by atoms with Crippen molar-refractivity contribution in [3.63, 3.8) is 0 Å². The molecule has 1 rings (SSSR count). The average Bonchev–Trinajstić information content (AvgIpc) is 2.57. The number of rotatable bonds is 2. The molecule has 0 bridgehead atoms. The van der Waals surface area contributed by atoms with E-state index in [1.807, 2.05) is 26.0 Å². The van der Waals surface area contributed by atoms with E-state index in [1.54, 1.807) is 11.3 Å². The van der Waals surface area contributed by atoms with Crippen molar-refractivity contribution >= 4 is 11.3 Å². The highest BCUT2D eigenvalue weighted by Crippen LogP contribution is 2.16. The van der Waals surface area contributed by atoms with Gasteiger partial charge in [0.05, 0.1) is 0 Å². The molecule has 0 aliphatic heterocycles. The van der Waals surface area contributed by atoms with Gasteiger partial charge >= 0.3 is 0 Å². The first-order valence-electron chi connectivity index (χ1n) is 4.35. The smallest absolute Gasteiger partial charge is 0.110 e. The Morgan fingerprint density at radius 1 is 1.42 bits per heavy atom. The second-order valence-corrected chi connectivity index (χ2v) is 3.30. The SMILES string of the molecule is CC.CCCc1ccc(C#N)s1. The molecular formula is C10H15NS. The Morgan fingerprint density at radius 3 is 2.50 bits per heavy atom. The maximum absolute atomic E-state index is 8.48. The number of hydrogen-bond donors (Lipinski definition) is 0. The summed E-state index contributed by atoms with van der Waals surface area (Å²) in [6.45, 7) is 6.14. The van der Waals surface area contributed by atoms with Crippen LogP contribution in [0.2, 0.25) is 0 Å². The minimum atomic E-state index is 0.823. The summed E-state index contributed by atoms with van der Waals surface area (Å²) in [5.74, 6) is 0. The molecule has 0 unspecified atom stereocenters. The molecule has 0 spiro atoms. The summed E-state index contributed by atoms with van der Waals surface area (Å²) >= 11 is 1.60. The topological polar surface area (TPSA) is 23.8 Å². The van der Waals surface area contributed by atoms with Crippen molar-refractivity contribution in [1.82, 2.24) is 0 Å². The Hall–Kier alpha value is -0.810. The van der Waals surface area contributed by atoms with E-state index in [9.17, 15) is 0 Å². The van der Waals surface area contributed by atoms with Crippen molar-refractivity contribution in [3.8, 4) is 6.07 Å². The summed E-state index contributed by atoms with van der Waals surface area (Å²) in [7, 11) is 0. The van der Waals surface area contributed by atoms with Crippen LogP contribution in [0.1, 0.15) is 36.9 Å². The van der Waals surface area contributed by atoms with Gasteiger partial charge in [-0.25, -0.2) is 0 Å². The molecule has 0 atom stereocenters. The van der Waals surface area contributed by atoms with Crippen LogP contribution in [0.15, 0.2) is 12.1 Å². The van der Waals surface area contributed by atoms with Crippen LogP contribution in [-0.4, -0.2) is 0 Å². The lowest BCUT2D eigenvalue weighted by Gasteiger charge is -1.86. The van der Waals surface area contributed by atoms with E-state index < -0.39 is 0 Å². The Balaban J connectivity index is 0.000000561. The van der Waals surface area contributed by atoms with Gasteiger partial charge in [0.25, 0.3) is 0 Å². The standard InChI is InChI=1S/C8H9NS.C2H6/c1-2-3-7-4-5-8(6-9)10-7;1-2/h4-5H,2-3H2,1H3;1-2H3. The summed E-state index contributed by atoms with van der Waals surface area (Å²) in [4.78, 5) is 2.14. The molecule has 0 N–H and O–H groups in total. The van der Waals surface area contributed by atoms with Crippen LogP contribution in [0.4, 0.5) is 0 Å². The monoisotopic (exact) mass is 181 g/mol. The number of aryl methyl sites for hydroxylation is 1. The maximum atomic E-state index is 8.48. The number of hydrogen-bond acceptors (Lipinski definition) is 2. The molecule has 12 heavy (non-hydrogen) atoms. The van der Waals surface area contributed by atoms with Gasteiger partial charge in [-0.1, -0.05) is 27.2 Å². The first-order valence-corrected chi connectivity index (χ1v) is 5.17. The molecule has 0 aliphatic carbocycles. The van der Waals surface area contributed by atoms with Crippen LogP contribution in [0.25, 0.3) is 0 Å². The van der Waals surface area contributed by atoms with Crippen molar-refractivity contribution in [3.05, 3.63) is 21.9 Å². The van der Waals surface area contributed by atoms with Gasteiger partial charge in [0.15, 0.2) is 0 Å². The fraction of sp³-hybridized carbons (Fsp3) is 0.500. The highest BCUT2D eigenvalue weighted by molar-refractivity contribution is 7.12. The summed E-state index contributed by atoms with van der Waals surface area (Å²) in [6, 6.07) is 6.04. The maximum Gasteiger partial charge on any atom is 0.110 e. The lowest BCUT2D eigenvalue weighted by atomic mass is 10.3. The molecule has 0 amide bonds. The van der Waals surface area contributed by atoms with Gasteiger partial charge in [-0.05, 0) is 18.6 Å². The van der Waals surface area contributed by atoms with E-state index in [0.717, 1.165) is 17.7 Å². The van der Waals surface area contributed by atoms with Crippen molar-refractivity contribution < 1.29 is 0 Å². The third-order valence-corrected chi connectivity index (χ3v) is 2.32. The highest BCUT2D eigenvalue weighted by Gasteiger charge is 1.95. The van der Waals surface area contributed by atoms with Crippen LogP contribution < -0.4 is 0 Å². The molecule has 1 aromatic heterocycles.